The third-order valence-electron chi connectivity index (χ3n) is 2.22. The standard InChI is InChI=1S/C14H15F4NO2/c15-12-4-5-13(11(9-12)3-1-6-19)21-8-2-7-20-10-14(16,17)18/h4-5,9H,2,6-8,10,19H2. The summed E-state index contributed by atoms with van der Waals surface area (Å²) in [5, 5.41) is 0. The first kappa shape index (κ1) is 17.3. The molecular formula is C14H15F4NO2. The first-order chi connectivity index (χ1) is 9.92. The summed E-state index contributed by atoms with van der Waals surface area (Å²) in [4.78, 5) is 0. The second-order valence-corrected chi connectivity index (χ2v) is 4.02. The van der Waals surface area contributed by atoms with Crippen LogP contribution < -0.4 is 10.5 Å². The highest BCUT2D eigenvalue weighted by Gasteiger charge is 2.27. The second kappa shape index (κ2) is 8.49. The minimum absolute atomic E-state index is 0.0789. The molecule has 0 heterocycles. The van der Waals surface area contributed by atoms with Gasteiger partial charge in [0.15, 0.2) is 0 Å². The van der Waals surface area contributed by atoms with Crippen LogP contribution in [0.25, 0.3) is 0 Å². The Morgan fingerprint density at radius 3 is 2.62 bits per heavy atom. The highest BCUT2D eigenvalue weighted by Crippen LogP contribution is 2.19. The maximum atomic E-state index is 13.1. The van der Waals surface area contributed by atoms with Crippen LogP contribution >= 0.6 is 0 Å². The molecule has 0 bridgehead atoms. The topological polar surface area (TPSA) is 44.5 Å². The zero-order valence-corrected chi connectivity index (χ0v) is 11.2. The molecule has 7 heteroatoms. The molecular weight excluding hydrogens is 290 g/mol. The first-order valence-electron chi connectivity index (χ1n) is 6.18. The van der Waals surface area contributed by atoms with E-state index in [0.717, 1.165) is 0 Å². The molecule has 0 aliphatic carbocycles. The Labute approximate surface area is 120 Å². The molecule has 21 heavy (non-hydrogen) atoms. The summed E-state index contributed by atoms with van der Waals surface area (Å²) in [5.41, 5.74) is 5.58. The molecule has 0 atom stereocenters. The number of hydrogen-bond acceptors (Lipinski definition) is 3. The van der Waals surface area contributed by atoms with E-state index in [1.54, 1.807) is 0 Å². The lowest BCUT2D eigenvalue weighted by Gasteiger charge is -2.10. The molecule has 1 aromatic rings. The van der Waals surface area contributed by atoms with Gasteiger partial charge < -0.3 is 15.2 Å². The van der Waals surface area contributed by atoms with Gasteiger partial charge in [0, 0.05) is 6.42 Å². The highest BCUT2D eigenvalue weighted by molar-refractivity contribution is 5.46. The van der Waals surface area contributed by atoms with E-state index < -0.39 is 18.6 Å². The van der Waals surface area contributed by atoms with E-state index in [0.29, 0.717) is 11.3 Å². The lowest BCUT2D eigenvalue weighted by atomic mass is 10.2. The van der Waals surface area contributed by atoms with Crippen LogP contribution in [-0.2, 0) is 4.74 Å². The largest absolute Gasteiger partial charge is 0.492 e. The van der Waals surface area contributed by atoms with Gasteiger partial charge in [0.1, 0.15) is 18.2 Å². The molecule has 0 amide bonds. The van der Waals surface area contributed by atoms with Crippen LogP contribution in [0.4, 0.5) is 17.6 Å². The normalized spacial score (nSPS) is 10.9. The summed E-state index contributed by atoms with van der Waals surface area (Å²) < 4.78 is 58.3. The fourth-order valence-electron chi connectivity index (χ4n) is 1.40. The fourth-order valence-corrected chi connectivity index (χ4v) is 1.40. The average Bonchev–Trinajstić information content (AvgIpc) is 2.40. The van der Waals surface area contributed by atoms with Gasteiger partial charge in [0.2, 0.25) is 0 Å². The van der Waals surface area contributed by atoms with E-state index in [1.807, 2.05) is 0 Å². The number of nitrogens with two attached hydrogens (primary N) is 1. The summed E-state index contributed by atoms with van der Waals surface area (Å²) in [6, 6.07) is 3.83. The van der Waals surface area contributed by atoms with Gasteiger partial charge in [-0.15, -0.1) is 0 Å². The smallest absolute Gasteiger partial charge is 0.411 e. The molecule has 1 rings (SSSR count). The van der Waals surface area contributed by atoms with Crippen molar-refractivity contribution in [2.45, 2.75) is 12.6 Å². The van der Waals surface area contributed by atoms with E-state index in [1.165, 1.54) is 18.2 Å². The van der Waals surface area contributed by atoms with E-state index in [2.05, 4.69) is 16.6 Å². The molecule has 0 fully saturated rings. The quantitative estimate of drug-likeness (QED) is 0.499. The summed E-state index contributed by atoms with van der Waals surface area (Å²) in [5.74, 6) is 5.14. The van der Waals surface area contributed by atoms with Crippen LogP contribution in [0.2, 0.25) is 0 Å². The molecule has 0 aliphatic heterocycles. The molecule has 1 aromatic carbocycles. The van der Waals surface area contributed by atoms with Gasteiger partial charge in [-0.25, -0.2) is 4.39 Å². The average molecular weight is 305 g/mol. The maximum absolute atomic E-state index is 13.1. The Morgan fingerprint density at radius 1 is 1.19 bits per heavy atom. The molecule has 0 unspecified atom stereocenters. The Kier molecular flexibility index (Phi) is 6.99. The molecule has 0 aromatic heterocycles. The minimum atomic E-state index is -4.33. The number of ether oxygens (including phenoxy) is 2. The van der Waals surface area contributed by atoms with Crippen LogP contribution in [0.3, 0.4) is 0 Å². The lowest BCUT2D eigenvalue weighted by molar-refractivity contribution is -0.174. The molecule has 2 N–H and O–H groups in total. The van der Waals surface area contributed by atoms with Gasteiger partial charge in [0.05, 0.1) is 25.3 Å². The Bertz CT molecular complexity index is 506. The number of halogens is 4. The number of rotatable bonds is 6. The van der Waals surface area contributed by atoms with Crippen molar-refractivity contribution in [3.63, 3.8) is 0 Å². The van der Waals surface area contributed by atoms with Crippen molar-refractivity contribution in [2.75, 3.05) is 26.4 Å². The van der Waals surface area contributed by atoms with Crippen LogP contribution in [0, 0.1) is 17.7 Å². The van der Waals surface area contributed by atoms with Crippen LogP contribution in [0.15, 0.2) is 18.2 Å². The van der Waals surface area contributed by atoms with Crippen LogP contribution in [-0.4, -0.2) is 32.5 Å². The molecule has 0 spiro atoms. The van der Waals surface area contributed by atoms with E-state index in [-0.39, 0.29) is 26.2 Å². The molecule has 0 radical (unpaired) electrons. The zero-order valence-electron chi connectivity index (χ0n) is 11.2. The van der Waals surface area contributed by atoms with Gasteiger partial charge in [-0.3, -0.25) is 0 Å². The number of hydrogen-bond donors (Lipinski definition) is 1. The summed E-state index contributed by atoms with van der Waals surface area (Å²) in [7, 11) is 0. The van der Waals surface area contributed by atoms with Crippen molar-refractivity contribution in [1.29, 1.82) is 0 Å². The van der Waals surface area contributed by atoms with E-state index in [4.69, 9.17) is 10.5 Å². The monoisotopic (exact) mass is 305 g/mol. The highest BCUT2D eigenvalue weighted by atomic mass is 19.4. The summed E-state index contributed by atoms with van der Waals surface area (Å²) in [6.07, 6.45) is -4.06. The van der Waals surface area contributed by atoms with Gasteiger partial charge >= 0.3 is 6.18 Å². The van der Waals surface area contributed by atoms with Crippen molar-refractivity contribution >= 4 is 0 Å². The van der Waals surface area contributed by atoms with Gasteiger partial charge in [-0.1, -0.05) is 11.8 Å². The summed E-state index contributed by atoms with van der Waals surface area (Å²) in [6.45, 7) is -1.09. The summed E-state index contributed by atoms with van der Waals surface area (Å²) >= 11 is 0. The van der Waals surface area contributed by atoms with Crippen LogP contribution in [0.1, 0.15) is 12.0 Å². The Balaban J connectivity index is 2.41. The molecule has 0 aliphatic rings. The fraction of sp³-hybridized carbons (Fsp3) is 0.429. The predicted octanol–water partition coefficient (Wildman–Crippen LogP) is 2.48. The predicted molar refractivity (Wildman–Crippen MR) is 69.3 cm³/mol. The maximum Gasteiger partial charge on any atom is 0.411 e. The molecule has 0 saturated heterocycles. The number of alkyl halides is 3. The first-order valence-corrected chi connectivity index (χ1v) is 6.18. The second-order valence-electron chi connectivity index (χ2n) is 4.02. The van der Waals surface area contributed by atoms with Gasteiger partial charge in [-0.2, -0.15) is 13.2 Å². The number of benzene rings is 1. The molecule has 116 valence electrons. The van der Waals surface area contributed by atoms with Gasteiger partial charge in [0.25, 0.3) is 0 Å². The van der Waals surface area contributed by atoms with Crippen molar-refractivity contribution in [3.05, 3.63) is 29.6 Å². The van der Waals surface area contributed by atoms with E-state index in [9.17, 15) is 17.6 Å². The molecule has 0 saturated carbocycles. The lowest BCUT2D eigenvalue weighted by Crippen LogP contribution is -2.18. The Morgan fingerprint density at radius 2 is 1.95 bits per heavy atom. The third-order valence-corrected chi connectivity index (χ3v) is 2.22. The van der Waals surface area contributed by atoms with Crippen molar-refractivity contribution in [2.24, 2.45) is 5.73 Å². The van der Waals surface area contributed by atoms with Crippen LogP contribution in [0.5, 0.6) is 5.75 Å². The Hall–Kier alpha value is -1.78. The third kappa shape index (κ3) is 7.54. The van der Waals surface area contributed by atoms with Crippen molar-refractivity contribution < 1.29 is 27.0 Å². The van der Waals surface area contributed by atoms with Crippen molar-refractivity contribution in [3.8, 4) is 17.6 Å². The zero-order chi connectivity index (χ0) is 15.7. The SMILES string of the molecule is NCC#Cc1cc(F)ccc1OCCCOCC(F)(F)F. The minimum Gasteiger partial charge on any atom is -0.492 e. The van der Waals surface area contributed by atoms with E-state index >= 15 is 0 Å². The molecule has 3 nitrogen and oxygen atoms in total. The van der Waals surface area contributed by atoms with Crippen molar-refractivity contribution in [1.82, 2.24) is 0 Å². The van der Waals surface area contributed by atoms with Gasteiger partial charge in [-0.05, 0) is 18.2 Å².